The number of rotatable bonds is 11. The minimum atomic E-state index is -3.44. The van der Waals surface area contributed by atoms with Gasteiger partial charge in [0.05, 0.1) is 45.8 Å². The Bertz CT molecular complexity index is 198. The van der Waals surface area contributed by atoms with Crippen molar-refractivity contribution in [1.82, 2.24) is 0 Å². The molecule has 0 heterocycles. The molecule has 0 radical (unpaired) electrons. The summed E-state index contributed by atoms with van der Waals surface area (Å²) in [6.07, 6.45) is 0.0128. The van der Waals surface area contributed by atoms with E-state index in [1.54, 1.807) is 14.0 Å². The zero-order valence-electron chi connectivity index (χ0n) is 9.89. The van der Waals surface area contributed by atoms with E-state index in [1.807, 2.05) is 0 Å². The van der Waals surface area contributed by atoms with E-state index in [2.05, 4.69) is 4.52 Å². The molecule has 0 spiro atoms. The minimum absolute atomic E-state index is 0.0128. The summed E-state index contributed by atoms with van der Waals surface area (Å²) in [7, 11) is -1.84. The van der Waals surface area contributed by atoms with Crippen LogP contribution in [0.4, 0.5) is 0 Å². The Labute approximate surface area is 96.4 Å². The number of hydrogen-bond acceptors (Lipinski definition) is 5. The molecule has 0 aliphatic rings. The third-order valence-electron chi connectivity index (χ3n) is 1.65. The molecule has 0 amide bonds. The molecule has 0 aromatic rings. The maximum atomic E-state index is 11.2. The molecule has 1 N–H and O–H groups in total. The van der Waals surface area contributed by atoms with Crippen LogP contribution in [0.2, 0.25) is 0 Å². The maximum absolute atomic E-state index is 11.2. The van der Waals surface area contributed by atoms with Crippen LogP contribution in [0, 0.1) is 0 Å². The van der Waals surface area contributed by atoms with Crippen LogP contribution < -0.4 is 0 Å². The van der Waals surface area contributed by atoms with Gasteiger partial charge in [-0.05, 0) is 6.92 Å². The van der Waals surface area contributed by atoms with Crippen LogP contribution in [-0.4, -0.2) is 57.8 Å². The van der Waals surface area contributed by atoms with Crippen molar-refractivity contribution in [2.75, 3.05) is 52.9 Å². The standard InChI is InChI=1S/C9H21O6P/c1-3-15-16(10,11)9-8-14-7-6-13-5-4-12-2/h3-9H2,1-2H3,(H,10,11). The third-order valence-corrected chi connectivity index (χ3v) is 3.06. The van der Waals surface area contributed by atoms with E-state index >= 15 is 0 Å². The van der Waals surface area contributed by atoms with Crippen LogP contribution in [0.25, 0.3) is 0 Å². The molecule has 0 saturated carbocycles. The Hall–Kier alpha value is 0.0300. The second kappa shape index (κ2) is 10.2. The molecule has 1 unspecified atom stereocenters. The van der Waals surface area contributed by atoms with E-state index in [4.69, 9.17) is 14.2 Å². The van der Waals surface area contributed by atoms with Crippen molar-refractivity contribution in [3.8, 4) is 0 Å². The Morgan fingerprint density at radius 1 is 1.06 bits per heavy atom. The SMILES string of the molecule is CCOP(=O)(O)CCOCCOCCOC. The molecule has 98 valence electrons. The fourth-order valence-corrected chi connectivity index (χ4v) is 1.80. The lowest BCUT2D eigenvalue weighted by molar-refractivity contribution is 0.0277. The lowest BCUT2D eigenvalue weighted by Crippen LogP contribution is -2.10. The highest BCUT2D eigenvalue weighted by atomic mass is 31.2. The number of ether oxygens (including phenoxy) is 3. The normalized spacial score (nSPS) is 14.9. The molecule has 0 fully saturated rings. The van der Waals surface area contributed by atoms with E-state index in [9.17, 15) is 9.46 Å². The van der Waals surface area contributed by atoms with Crippen molar-refractivity contribution in [2.24, 2.45) is 0 Å². The van der Waals surface area contributed by atoms with Gasteiger partial charge in [0.25, 0.3) is 0 Å². The van der Waals surface area contributed by atoms with Gasteiger partial charge < -0.3 is 23.6 Å². The number of hydrogen-bond donors (Lipinski definition) is 1. The van der Waals surface area contributed by atoms with E-state index < -0.39 is 7.60 Å². The second-order valence-corrected chi connectivity index (χ2v) is 4.98. The molecule has 0 aromatic heterocycles. The molecule has 7 heteroatoms. The second-order valence-electron chi connectivity index (χ2n) is 3.00. The molecule has 6 nitrogen and oxygen atoms in total. The van der Waals surface area contributed by atoms with Gasteiger partial charge in [-0.3, -0.25) is 4.57 Å². The van der Waals surface area contributed by atoms with Gasteiger partial charge in [0.1, 0.15) is 0 Å². The van der Waals surface area contributed by atoms with Gasteiger partial charge in [-0.25, -0.2) is 0 Å². The average molecular weight is 256 g/mol. The quantitative estimate of drug-likeness (QED) is 0.437. The summed E-state index contributed by atoms with van der Waals surface area (Å²) in [4.78, 5) is 9.19. The monoisotopic (exact) mass is 256 g/mol. The van der Waals surface area contributed by atoms with Crippen LogP contribution in [0.3, 0.4) is 0 Å². The Kier molecular flexibility index (Phi) is 10.2. The molecule has 0 saturated heterocycles. The molecule has 0 aliphatic heterocycles. The van der Waals surface area contributed by atoms with Gasteiger partial charge in [-0.1, -0.05) is 0 Å². The molecule has 0 bridgehead atoms. The zero-order valence-corrected chi connectivity index (χ0v) is 10.8. The zero-order chi connectivity index (χ0) is 12.3. The van der Waals surface area contributed by atoms with Crippen LogP contribution in [-0.2, 0) is 23.3 Å². The first-order chi connectivity index (χ1) is 7.62. The van der Waals surface area contributed by atoms with Gasteiger partial charge >= 0.3 is 7.60 Å². The van der Waals surface area contributed by atoms with Crippen LogP contribution >= 0.6 is 7.60 Å². The topological polar surface area (TPSA) is 74.2 Å². The molecule has 1 atom stereocenters. The highest BCUT2D eigenvalue weighted by molar-refractivity contribution is 7.52. The van der Waals surface area contributed by atoms with E-state index in [0.717, 1.165) is 0 Å². The van der Waals surface area contributed by atoms with Crippen molar-refractivity contribution in [1.29, 1.82) is 0 Å². The van der Waals surface area contributed by atoms with Crippen molar-refractivity contribution >= 4 is 7.60 Å². The lowest BCUT2D eigenvalue weighted by atomic mass is 10.7. The molecule has 0 aliphatic carbocycles. The van der Waals surface area contributed by atoms with Crippen LogP contribution in [0.1, 0.15) is 6.92 Å². The highest BCUT2D eigenvalue weighted by Crippen LogP contribution is 2.40. The number of methoxy groups -OCH3 is 1. The Morgan fingerprint density at radius 2 is 1.62 bits per heavy atom. The molecular weight excluding hydrogens is 235 g/mol. The smallest absolute Gasteiger partial charge is 0.330 e. The van der Waals surface area contributed by atoms with Crippen molar-refractivity contribution in [3.63, 3.8) is 0 Å². The summed E-state index contributed by atoms with van der Waals surface area (Å²) >= 11 is 0. The fourth-order valence-electron chi connectivity index (χ4n) is 0.910. The summed E-state index contributed by atoms with van der Waals surface area (Å²) in [5.74, 6) is 0. The van der Waals surface area contributed by atoms with Gasteiger partial charge in [-0.15, -0.1) is 0 Å². The fraction of sp³-hybridized carbons (Fsp3) is 1.00. The van der Waals surface area contributed by atoms with E-state index in [1.165, 1.54) is 0 Å². The summed E-state index contributed by atoms with van der Waals surface area (Å²) in [5, 5.41) is 0. The summed E-state index contributed by atoms with van der Waals surface area (Å²) in [5.41, 5.74) is 0. The van der Waals surface area contributed by atoms with Crippen LogP contribution in [0.15, 0.2) is 0 Å². The van der Waals surface area contributed by atoms with Gasteiger partial charge in [0, 0.05) is 7.11 Å². The predicted molar refractivity (Wildman–Crippen MR) is 59.8 cm³/mol. The van der Waals surface area contributed by atoms with E-state index in [0.29, 0.717) is 26.4 Å². The molecule has 0 aromatic carbocycles. The first-order valence-electron chi connectivity index (χ1n) is 5.23. The summed E-state index contributed by atoms with van der Waals surface area (Å²) in [6, 6.07) is 0. The molecular formula is C9H21O6P. The molecule has 0 rings (SSSR count). The average Bonchev–Trinajstić information content (AvgIpc) is 2.22. The third kappa shape index (κ3) is 10.5. The summed E-state index contributed by atoms with van der Waals surface area (Å²) < 4.78 is 30.9. The highest BCUT2D eigenvalue weighted by Gasteiger charge is 2.17. The molecule has 16 heavy (non-hydrogen) atoms. The van der Waals surface area contributed by atoms with Crippen molar-refractivity contribution in [3.05, 3.63) is 0 Å². The van der Waals surface area contributed by atoms with E-state index in [-0.39, 0.29) is 19.4 Å². The maximum Gasteiger partial charge on any atom is 0.330 e. The largest absolute Gasteiger partial charge is 0.382 e. The van der Waals surface area contributed by atoms with Crippen molar-refractivity contribution < 1.29 is 28.2 Å². The van der Waals surface area contributed by atoms with Gasteiger partial charge in [-0.2, -0.15) is 0 Å². The van der Waals surface area contributed by atoms with Gasteiger partial charge in [0.2, 0.25) is 0 Å². The summed E-state index contributed by atoms with van der Waals surface area (Å²) in [6.45, 7) is 4.03. The first kappa shape index (κ1) is 16.0. The Balaban J connectivity index is 3.23. The lowest BCUT2D eigenvalue weighted by Gasteiger charge is -2.10. The minimum Gasteiger partial charge on any atom is -0.382 e. The first-order valence-corrected chi connectivity index (χ1v) is 6.99. The van der Waals surface area contributed by atoms with Crippen molar-refractivity contribution in [2.45, 2.75) is 6.92 Å². The van der Waals surface area contributed by atoms with Crippen LogP contribution in [0.5, 0.6) is 0 Å². The predicted octanol–water partition coefficient (Wildman–Crippen LogP) is 0.888. The van der Waals surface area contributed by atoms with Gasteiger partial charge in [0.15, 0.2) is 0 Å². The Morgan fingerprint density at radius 3 is 2.19 bits per heavy atom.